The minimum absolute atomic E-state index is 0.612. The highest BCUT2D eigenvalue weighted by atomic mass is 28.3. The predicted molar refractivity (Wildman–Crippen MR) is 278 cm³/mol. The molecule has 66 heavy (non-hydrogen) atoms. The maximum atomic E-state index is 6.70. The van der Waals surface area contributed by atoms with Gasteiger partial charge in [-0.1, -0.05) is 170 Å². The van der Waals surface area contributed by atoms with Crippen LogP contribution in [-0.4, -0.2) is 13.1 Å². The summed E-state index contributed by atoms with van der Waals surface area (Å²) in [6.07, 6.45) is 0. The van der Waals surface area contributed by atoms with E-state index in [1.807, 2.05) is 30.3 Å². The minimum atomic E-state index is -2.87. The third-order valence-electron chi connectivity index (χ3n) is 13.4. The summed E-state index contributed by atoms with van der Waals surface area (Å²) < 4.78 is 13.3. The van der Waals surface area contributed by atoms with Crippen molar-refractivity contribution >= 4 is 111 Å². The third kappa shape index (κ3) is 6.09. The molecule has 0 aliphatic carbocycles. The molecule has 2 aromatic heterocycles. The Kier molecular flexibility index (Phi) is 8.83. The lowest BCUT2D eigenvalue weighted by Gasteiger charge is -2.35. The van der Waals surface area contributed by atoms with E-state index in [0.717, 1.165) is 82.6 Å². The number of rotatable bonds is 8. The van der Waals surface area contributed by atoms with Gasteiger partial charge >= 0.3 is 0 Å². The van der Waals surface area contributed by atoms with Crippen LogP contribution in [0, 0.1) is 0 Å². The first kappa shape index (κ1) is 38.0. The van der Waals surface area contributed by atoms with Gasteiger partial charge in [-0.2, -0.15) is 0 Å². The van der Waals surface area contributed by atoms with Crippen molar-refractivity contribution in [2.75, 3.05) is 4.90 Å². The number of hydrogen-bond donors (Lipinski definition) is 0. The van der Waals surface area contributed by atoms with Crippen LogP contribution in [0.2, 0.25) is 0 Å². The molecule has 2 heterocycles. The second kappa shape index (κ2) is 15.3. The Hall–Kier alpha value is -8.51. The molecule has 0 spiro atoms. The van der Waals surface area contributed by atoms with E-state index in [4.69, 9.17) is 13.8 Å². The van der Waals surface area contributed by atoms with Gasteiger partial charge < -0.3 is 13.7 Å². The standard InChI is InChI=1S/C61H40N2O2Si/c1-5-16-43(17-6-1)61-62-56-34-31-42-29-28-41-30-32-47(39-53(41)59(42)60(56)65-61)63(48-33-35-57-55(40-48)54-36-44-18-13-14-19-45(44)37-58(54)64-57)46-20-15-27-52(38-46)66(49-21-7-2-8-22-49,50-23-9-3-10-24-50)51-25-11-4-12-26-51/h1-40H. The largest absolute Gasteiger partial charge is 0.456 e. The molecule has 0 aliphatic rings. The molecule has 0 saturated heterocycles. The molecular formula is C61H40N2O2Si. The average Bonchev–Trinajstić information content (AvgIpc) is 3.99. The topological polar surface area (TPSA) is 42.4 Å². The summed E-state index contributed by atoms with van der Waals surface area (Å²) in [5.41, 5.74) is 7.40. The summed E-state index contributed by atoms with van der Waals surface area (Å²) in [7, 11) is -2.87. The summed E-state index contributed by atoms with van der Waals surface area (Å²) in [5.74, 6) is 0.612. The first-order chi connectivity index (χ1) is 32.7. The molecule has 0 unspecified atom stereocenters. The summed E-state index contributed by atoms with van der Waals surface area (Å²) >= 11 is 0. The van der Waals surface area contributed by atoms with E-state index in [1.54, 1.807) is 0 Å². The number of benzene rings is 11. The number of hydrogen-bond acceptors (Lipinski definition) is 4. The van der Waals surface area contributed by atoms with Crippen LogP contribution in [0.5, 0.6) is 0 Å². The van der Waals surface area contributed by atoms with Gasteiger partial charge in [0.15, 0.2) is 13.7 Å². The molecule has 5 heteroatoms. The fourth-order valence-corrected chi connectivity index (χ4v) is 15.1. The van der Waals surface area contributed by atoms with Gasteiger partial charge in [-0.15, -0.1) is 0 Å². The molecule has 0 amide bonds. The quantitative estimate of drug-likeness (QED) is 0.0867. The summed E-state index contributed by atoms with van der Waals surface area (Å²) in [6, 6.07) is 87.8. The van der Waals surface area contributed by atoms with Gasteiger partial charge in [0.25, 0.3) is 0 Å². The van der Waals surface area contributed by atoms with Crippen LogP contribution >= 0.6 is 0 Å². The Morgan fingerprint density at radius 3 is 1.58 bits per heavy atom. The van der Waals surface area contributed by atoms with Crippen molar-refractivity contribution < 1.29 is 8.83 Å². The Morgan fingerprint density at radius 2 is 0.879 bits per heavy atom. The number of furan rings is 1. The van der Waals surface area contributed by atoms with Crippen LogP contribution < -0.4 is 25.6 Å². The van der Waals surface area contributed by atoms with Gasteiger partial charge in [0.05, 0.1) is 0 Å². The third-order valence-corrected chi connectivity index (χ3v) is 18.1. The Bertz CT molecular complexity index is 3840. The number of fused-ring (bicyclic) bond motifs is 9. The van der Waals surface area contributed by atoms with E-state index in [-0.39, 0.29) is 0 Å². The lowest BCUT2D eigenvalue weighted by molar-refractivity contribution is 0.623. The van der Waals surface area contributed by atoms with Crippen molar-refractivity contribution in [3.63, 3.8) is 0 Å². The van der Waals surface area contributed by atoms with Crippen molar-refractivity contribution in [2.24, 2.45) is 0 Å². The second-order valence-corrected chi connectivity index (χ2v) is 20.9. The van der Waals surface area contributed by atoms with Gasteiger partial charge in [-0.25, -0.2) is 4.98 Å². The molecule has 0 aliphatic heterocycles. The SMILES string of the molecule is c1ccc(-c2nc3ccc4ccc5ccc(N(c6cccc([Si](c7ccccc7)(c7ccccc7)c7ccccc7)c6)c6ccc7oc8cc9ccccc9cc8c7c6)cc5c4c3o2)cc1. The number of oxazole rings is 1. The molecule has 0 saturated carbocycles. The molecule has 0 fully saturated rings. The summed E-state index contributed by atoms with van der Waals surface area (Å²) in [5, 5.41) is 14.1. The van der Waals surface area contributed by atoms with E-state index >= 15 is 0 Å². The number of nitrogens with zero attached hydrogens (tertiary/aromatic N) is 2. The van der Waals surface area contributed by atoms with Crippen LogP contribution in [-0.2, 0) is 0 Å². The van der Waals surface area contributed by atoms with Crippen molar-refractivity contribution in [3.8, 4) is 11.5 Å². The average molecular weight is 861 g/mol. The Balaban J connectivity index is 1.08. The zero-order valence-corrected chi connectivity index (χ0v) is 36.8. The lowest BCUT2D eigenvalue weighted by Crippen LogP contribution is -2.74. The lowest BCUT2D eigenvalue weighted by atomic mass is 10.00. The maximum absolute atomic E-state index is 6.70. The van der Waals surface area contributed by atoms with Gasteiger partial charge in [0.2, 0.25) is 5.89 Å². The number of aromatic nitrogens is 1. The first-order valence-electron chi connectivity index (χ1n) is 22.4. The highest BCUT2D eigenvalue weighted by molar-refractivity contribution is 7.19. The van der Waals surface area contributed by atoms with Crippen LogP contribution in [0.25, 0.3) is 76.8 Å². The van der Waals surface area contributed by atoms with E-state index in [1.165, 1.54) is 26.1 Å². The monoisotopic (exact) mass is 860 g/mol. The van der Waals surface area contributed by atoms with Gasteiger partial charge in [0, 0.05) is 38.8 Å². The van der Waals surface area contributed by atoms with Crippen LogP contribution in [0.1, 0.15) is 0 Å². The summed E-state index contributed by atoms with van der Waals surface area (Å²) in [6.45, 7) is 0. The zero-order chi connectivity index (χ0) is 43.6. The normalized spacial score (nSPS) is 11.9. The first-order valence-corrected chi connectivity index (χ1v) is 24.4. The number of anilines is 3. The molecule has 4 nitrogen and oxygen atoms in total. The fraction of sp³-hybridized carbons (Fsp3) is 0. The van der Waals surface area contributed by atoms with Crippen LogP contribution in [0.3, 0.4) is 0 Å². The zero-order valence-electron chi connectivity index (χ0n) is 35.8. The van der Waals surface area contributed by atoms with Crippen LogP contribution in [0.4, 0.5) is 17.1 Å². The molecule has 310 valence electrons. The van der Waals surface area contributed by atoms with Gasteiger partial charge in [0.1, 0.15) is 16.7 Å². The molecule has 0 bridgehead atoms. The molecule has 0 atom stereocenters. The van der Waals surface area contributed by atoms with E-state index in [2.05, 4.69) is 217 Å². The minimum Gasteiger partial charge on any atom is -0.456 e. The van der Waals surface area contributed by atoms with Crippen molar-refractivity contribution in [2.45, 2.75) is 0 Å². The van der Waals surface area contributed by atoms with Crippen molar-refractivity contribution in [3.05, 3.63) is 243 Å². The van der Waals surface area contributed by atoms with Gasteiger partial charge in [-0.05, 0) is 120 Å². The molecule has 0 N–H and O–H groups in total. The molecule has 0 radical (unpaired) electrons. The van der Waals surface area contributed by atoms with Crippen LogP contribution in [0.15, 0.2) is 251 Å². The summed E-state index contributed by atoms with van der Waals surface area (Å²) in [4.78, 5) is 7.40. The van der Waals surface area contributed by atoms with E-state index in [9.17, 15) is 0 Å². The van der Waals surface area contributed by atoms with E-state index < -0.39 is 8.07 Å². The maximum Gasteiger partial charge on any atom is 0.227 e. The predicted octanol–water partition coefficient (Wildman–Crippen LogP) is 13.7. The van der Waals surface area contributed by atoms with Gasteiger partial charge in [-0.3, -0.25) is 0 Å². The second-order valence-electron chi connectivity index (χ2n) is 17.1. The Morgan fingerprint density at radius 1 is 0.348 bits per heavy atom. The van der Waals surface area contributed by atoms with Crippen molar-refractivity contribution in [1.29, 1.82) is 0 Å². The highest BCUT2D eigenvalue weighted by Gasteiger charge is 2.41. The fourth-order valence-electron chi connectivity index (χ4n) is 10.3. The molecule has 11 aromatic carbocycles. The van der Waals surface area contributed by atoms with Crippen molar-refractivity contribution in [1.82, 2.24) is 4.98 Å². The highest BCUT2D eigenvalue weighted by Crippen LogP contribution is 2.42. The molecule has 13 rings (SSSR count). The van der Waals surface area contributed by atoms with E-state index in [0.29, 0.717) is 5.89 Å². The molecule has 13 aromatic rings. The smallest absolute Gasteiger partial charge is 0.227 e. The molecular weight excluding hydrogens is 821 g/mol. The Labute approximate surface area is 382 Å².